The van der Waals surface area contributed by atoms with Gasteiger partial charge in [0.1, 0.15) is 11.6 Å². The maximum Gasteiger partial charge on any atom is 0.250 e. The second-order valence-corrected chi connectivity index (χ2v) is 17.4. The number of hydrogen-bond acceptors (Lipinski definition) is 3. The zero-order chi connectivity index (χ0) is 27.8. The van der Waals surface area contributed by atoms with Crippen LogP contribution in [0.3, 0.4) is 0 Å². The number of halogens is 2. The van der Waals surface area contributed by atoms with Crippen LogP contribution in [0.4, 0.5) is 10.1 Å². The SMILES string of the molecule is Cc1ccc(N2C(=O)[C@H](CC[C@H](O)c3ccc(F)cc3)[C@H]2c2ccc(Br)cc2O[Si](C)(C)C(C)(C)C)cc1. The summed E-state index contributed by atoms with van der Waals surface area (Å²) < 4.78 is 21.1. The van der Waals surface area contributed by atoms with Gasteiger partial charge in [-0.2, -0.15) is 0 Å². The van der Waals surface area contributed by atoms with E-state index in [2.05, 4.69) is 49.8 Å². The van der Waals surface area contributed by atoms with Crippen molar-refractivity contribution < 1.29 is 18.7 Å². The van der Waals surface area contributed by atoms with Crippen LogP contribution >= 0.6 is 15.9 Å². The molecule has 202 valence electrons. The van der Waals surface area contributed by atoms with E-state index in [9.17, 15) is 14.3 Å². The summed E-state index contributed by atoms with van der Waals surface area (Å²) in [6.07, 6.45) is 0.125. The van der Waals surface area contributed by atoms with Gasteiger partial charge in [0.2, 0.25) is 14.2 Å². The van der Waals surface area contributed by atoms with Crippen molar-refractivity contribution in [3.63, 3.8) is 0 Å². The minimum atomic E-state index is -2.16. The van der Waals surface area contributed by atoms with E-state index in [1.54, 1.807) is 12.1 Å². The van der Waals surface area contributed by atoms with Crippen molar-refractivity contribution in [2.45, 2.75) is 70.8 Å². The van der Waals surface area contributed by atoms with Gasteiger partial charge in [-0.05, 0) is 79.9 Å². The number of hydrogen-bond donors (Lipinski definition) is 1. The molecule has 4 rings (SSSR count). The Morgan fingerprint density at radius 2 is 1.68 bits per heavy atom. The molecule has 0 aliphatic carbocycles. The van der Waals surface area contributed by atoms with Crippen LogP contribution in [0.2, 0.25) is 18.1 Å². The van der Waals surface area contributed by atoms with E-state index in [0.717, 1.165) is 27.0 Å². The van der Waals surface area contributed by atoms with E-state index in [-0.39, 0.29) is 28.7 Å². The third kappa shape index (κ3) is 5.90. The molecule has 0 unspecified atom stereocenters. The van der Waals surface area contributed by atoms with Crippen LogP contribution in [0, 0.1) is 18.7 Å². The molecule has 38 heavy (non-hydrogen) atoms. The summed E-state index contributed by atoms with van der Waals surface area (Å²) in [5.74, 6) is 0.179. The number of β-lactam (4-membered cyclic amide) rings is 1. The lowest BCUT2D eigenvalue weighted by Crippen LogP contribution is -2.55. The molecule has 0 spiro atoms. The van der Waals surface area contributed by atoms with E-state index in [0.29, 0.717) is 18.4 Å². The lowest BCUT2D eigenvalue weighted by Gasteiger charge is -2.49. The Morgan fingerprint density at radius 1 is 1.05 bits per heavy atom. The Hall–Kier alpha value is -2.48. The predicted octanol–water partition coefficient (Wildman–Crippen LogP) is 8.50. The normalized spacial score (nSPS) is 18.8. The fraction of sp³-hybridized carbons (Fsp3) is 0.387. The van der Waals surface area contributed by atoms with Gasteiger partial charge in [0.25, 0.3) is 0 Å². The Bertz CT molecular complexity index is 1290. The summed E-state index contributed by atoms with van der Waals surface area (Å²) in [7, 11) is -2.16. The molecule has 0 aromatic heterocycles. The number of rotatable bonds is 8. The van der Waals surface area contributed by atoms with Crippen molar-refractivity contribution in [1.82, 2.24) is 0 Å². The number of carbonyl (C=O) groups excluding carboxylic acids is 1. The van der Waals surface area contributed by atoms with Crippen molar-refractivity contribution in [1.29, 1.82) is 0 Å². The molecule has 0 radical (unpaired) electrons. The number of anilines is 1. The Labute approximate surface area is 235 Å². The van der Waals surface area contributed by atoms with Gasteiger partial charge in [0.05, 0.1) is 18.1 Å². The first kappa shape index (κ1) is 28.5. The van der Waals surface area contributed by atoms with Crippen molar-refractivity contribution in [3.8, 4) is 5.75 Å². The Balaban J connectivity index is 1.69. The molecule has 0 saturated carbocycles. The minimum absolute atomic E-state index is 0.0112. The van der Waals surface area contributed by atoms with Crippen LogP contribution in [0.1, 0.15) is 62.4 Å². The summed E-state index contributed by atoms with van der Waals surface area (Å²) in [6.45, 7) is 13.1. The number of aryl methyl sites for hydroxylation is 1. The van der Waals surface area contributed by atoms with Crippen LogP contribution in [0.5, 0.6) is 5.75 Å². The molecule has 0 bridgehead atoms. The highest BCUT2D eigenvalue weighted by molar-refractivity contribution is 9.10. The fourth-order valence-electron chi connectivity index (χ4n) is 4.64. The predicted molar refractivity (Wildman–Crippen MR) is 157 cm³/mol. The van der Waals surface area contributed by atoms with Crippen molar-refractivity contribution >= 4 is 35.8 Å². The number of amides is 1. The molecule has 1 fully saturated rings. The third-order valence-corrected chi connectivity index (χ3v) is 12.8. The van der Waals surface area contributed by atoms with Crippen molar-refractivity contribution in [3.05, 3.63) is 93.7 Å². The summed E-state index contributed by atoms with van der Waals surface area (Å²) >= 11 is 3.61. The number of aliphatic hydroxyl groups excluding tert-OH is 1. The van der Waals surface area contributed by atoms with Gasteiger partial charge >= 0.3 is 0 Å². The summed E-state index contributed by atoms with van der Waals surface area (Å²) in [5.41, 5.74) is 3.60. The number of nitrogens with zero attached hydrogens (tertiary/aromatic N) is 1. The lowest BCUT2D eigenvalue weighted by atomic mass is 9.78. The molecular weight excluding hydrogens is 561 g/mol. The molecule has 3 atom stereocenters. The van der Waals surface area contributed by atoms with Gasteiger partial charge in [-0.1, -0.05) is 72.6 Å². The van der Waals surface area contributed by atoms with E-state index in [4.69, 9.17) is 4.43 Å². The molecule has 1 N–H and O–H groups in total. The van der Waals surface area contributed by atoms with Crippen molar-refractivity contribution in [2.24, 2.45) is 5.92 Å². The van der Waals surface area contributed by atoms with Crippen LogP contribution < -0.4 is 9.33 Å². The van der Waals surface area contributed by atoms with Crippen LogP contribution in [0.15, 0.2) is 71.2 Å². The van der Waals surface area contributed by atoms with E-state index < -0.39 is 14.4 Å². The quantitative estimate of drug-likeness (QED) is 0.209. The molecule has 1 aliphatic heterocycles. The molecule has 3 aromatic carbocycles. The summed E-state index contributed by atoms with van der Waals surface area (Å²) in [4.78, 5) is 15.5. The molecule has 3 aromatic rings. The number of aliphatic hydroxyl groups is 1. The van der Waals surface area contributed by atoms with Crippen LogP contribution in [-0.2, 0) is 4.79 Å². The smallest absolute Gasteiger partial charge is 0.250 e. The molecule has 1 amide bonds. The topological polar surface area (TPSA) is 49.8 Å². The maximum atomic E-state index is 13.6. The van der Waals surface area contributed by atoms with Crippen LogP contribution in [-0.4, -0.2) is 19.3 Å². The number of benzene rings is 3. The maximum absolute atomic E-state index is 13.6. The summed E-state index contributed by atoms with van der Waals surface area (Å²) in [6, 6.07) is 19.7. The lowest BCUT2D eigenvalue weighted by molar-refractivity contribution is -0.131. The van der Waals surface area contributed by atoms with Gasteiger partial charge in [0.15, 0.2) is 0 Å². The molecule has 4 nitrogen and oxygen atoms in total. The number of carbonyl (C=O) groups is 1. The van der Waals surface area contributed by atoms with E-state index in [1.165, 1.54) is 12.1 Å². The minimum Gasteiger partial charge on any atom is -0.543 e. The largest absolute Gasteiger partial charge is 0.543 e. The highest BCUT2D eigenvalue weighted by Gasteiger charge is 2.50. The molecular formula is C31H37BrFNO3Si. The van der Waals surface area contributed by atoms with Crippen LogP contribution in [0.25, 0.3) is 0 Å². The Morgan fingerprint density at radius 3 is 2.29 bits per heavy atom. The molecule has 1 heterocycles. The highest BCUT2D eigenvalue weighted by atomic mass is 79.9. The first-order valence-electron chi connectivity index (χ1n) is 13.1. The van der Waals surface area contributed by atoms with Gasteiger partial charge in [-0.15, -0.1) is 0 Å². The molecule has 1 aliphatic rings. The molecule has 1 saturated heterocycles. The van der Waals surface area contributed by atoms with Gasteiger partial charge in [-0.25, -0.2) is 4.39 Å². The first-order valence-corrected chi connectivity index (χ1v) is 16.8. The zero-order valence-electron chi connectivity index (χ0n) is 23.0. The van der Waals surface area contributed by atoms with Gasteiger partial charge in [0, 0.05) is 15.7 Å². The van der Waals surface area contributed by atoms with Gasteiger partial charge in [-0.3, -0.25) is 4.79 Å². The zero-order valence-corrected chi connectivity index (χ0v) is 25.5. The standard InChI is InChI=1S/C31H37BrFNO3Si/c1-20-7-14-24(15-8-20)34-29(25-16-11-22(32)19-28(25)37-38(5,6)31(2,3)4)26(30(34)36)17-18-27(35)21-9-12-23(33)13-10-21/h7-16,19,26-27,29,35H,17-18H2,1-6H3/t26-,27+,29-/m1/s1. The average Bonchev–Trinajstić information content (AvgIpc) is 2.84. The van der Waals surface area contributed by atoms with Gasteiger partial charge < -0.3 is 14.4 Å². The van der Waals surface area contributed by atoms with E-state index >= 15 is 0 Å². The monoisotopic (exact) mass is 597 g/mol. The summed E-state index contributed by atoms with van der Waals surface area (Å²) in [5, 5.41) is 10.8. The molecule has 7 heteroatoms. The first-order chi connectivity index (χ1) is 17.8. The average molecular weight is 599 g/mol. The third-order valence-electron chi connectivity index (χ3n) is 8.00. The Kier molecular flexibility index (Phi) is 8.22. The second kappa shape index (κ2) is 10.9. The second-order valence-electron chi connectivity index (χ2n) is 11.8. The van der Waals surface area contributed by atoms with E-state index in [1.807, 2.05) is 54.3 Å². The van der Waals surface area contributed by atoms with Crippen molar-refractivity contribution in [2.75, 3.05) is 4.90 Å². The fourth-order valence-corrected chi connectivity index (χ4v) is 6.01. The highest BCUT2D eigenvalue weighted by Crippen LogP contribution is 2.50.